The van der Waals surface area contributed by atoms with Gasteiger partial charge in [-0.2, -0.15) is 5.10 Å². The van der Waals surface area contributed by atoms with Gasteiger partial charge in [-0.25, -0.2) is 5.43 Å². The van der Waals surface area contributed by atoms with Crippen molar-refractivity contribution in [3.63, 3.8) is 0 Å². The monoisotopic (exact) mass is 272 g/mol. The second-order valence-corrected chi connectivity index (χ2v) is 4.65. The van der Waals surface area contributed by atoms with Crippen molar-refractivity contribution in [2.45, 2.75) is 11.8 Å². The van der Waals surface area contributed by atoms with Crippen molar-refractivity contribution in [2.24, 2.45) is 10.1 Å². The molecule has 2 rings (SSSR count). The van der Waals surface area contributed by atoms with Gasteiger partial charge in [0.2, 0.25) is 0 Å². The molecule has 0 saturated carbocycles. The second-order valence-electron chi connectivity index (χ2n) is 4.21. The largest absolute Gasteiger partial charge is 0.379 e. The van der Waals surface area contributed by atoms with E-state index >= 15 is 0 Å². The van der Waals surface area contributed by atoms with Crippen LogP contribution in [0.4, 0.5) is 0 Å². The lowest BCUT2D eigenvalue weighted by Gasteiger charge is -2.26. The highest BCUT2D eigenvalue weighted by molar-refractivity contribution is 6.54. The number of ether oxygens (including phenoxy) is 1. The number of amides is 1. The van der Waals surface area contributed by atoms with E-state index in [-0.39, 0.29) is 5.91 Å². The van der Waals surface area contributed by atoms with Crippen LogP contribution in [0.2, 0.25) is 0 Å². The van der Waals surface area contributed by atoms with E-state index in [9.17, 15) is 4.79 Å². The topological polar surface area (TPSA) is 66.3 Å². The van der Waals surface area contributed by atoms with Crippen molar-refractivity contribution >= 4 is 29.4 Å². The predicted molar refractivity (Wildman–Crippen MR) is 70.5 cm³/mol. The molecule has 6 nitrogen and oxygen atoms in total. The standard InChI is InChI=1S/C11H17ClN4O2/c12-10-9(8-14-15-11(10)17)13-2-1-3-16-4-6-18-7-5-16/h8,10H,1-7H2,(H,15,17). The van der Waals surface area contributed by atoms with Crippen LogP contribution in [0.1, 0.15) is 6.42 Å². The average molecular weight is 273 g/mol. The summed E-state index contributed by atoms with van der Waals surface area (Å²) in [6.45, 7) is 5.25. The Hall–Kier alpha value is -0.980. The summed E-state index contributed by atoms with van der Waals surface area (Å²) in [6.07, 6.45) is 2.45. The summed E-state index contributed by atoms with van der Waals surface area (Å²) in [5.74, 6) is -0.314. The minimum Gasteiger partial charge on any atom is -0.379 e. The maximum absolute atomic E-state index is 11.2. The first kappa shape index (κ1) is 13.5. The lowest BCUT2D eigenvalue weighted by molar-refractivity contribution is -0.119. The molecule has 0 aromatic heterocycles. The van der Waals surface area contributed by atoms with Crippen LogP contribution in [0.25, 0.3) is 0 Å². The molecule has 7 heteroatoms. The normalized spacial score (nSPS) is 27.5. The van der Waals surface area contributed by atoms with Crippen molar-refractivity contribution in [1.29, 1.82) is 0 Å². The molecule has 1 N–H and O–H groups in total. The summed E-state index contributed by atoms with van der Waals surface area (Å²) in [5, 5.41) is 2.98. The molecule has 1 unspecified atom stereocenters. The Morgan fingerprint density at radius 2 is 2.33 bits per heavy atom. The first-order valence-electron chi connectivity index (χ1n) is 6.09. The molecule has 1 amide bonds. The number of rotatable bonds is 4. The van der Waals surface area contributed by atoms with Gasteiger partial charge in [0.1, 0.15) is 0 Å². The minimum absolute atomic E-state index is 0.314. The van der Waals surface area contributed by atoms with Crippen LogP contribution in [0.5, 0.6) is 0 Å². The zero-order valence-electron chi connectivity index (χ0n) is 10.1. The average Bonchev–Trinajstić information content (AvgIpc) is 2.40. The lowest BCUT2D eigenvalue weighted by Crippen LogP contribution is -2.39. The molecule has 0 aliphatic carbocycles. The van der Waals surface area contributed by atoms with Crippen molar-refractivity contribution in [3.8, 4) is 0 Å². The summed E-state index contributed by atoms with van der Waals surface area (Å²) in [4.78, 5) is 17.9. The highest BCUT2D eigenvalue weighted by atomic mass is 35.5. The number of halogens is 1. The summed E-state index contributed by atoms with van der Waals surface area (Å²) in [5.41, 5.74) is 2.84. The summed E-state index contributed by atoms with van der Waals surface area (Å²) >= 11 is 5.90. The number of carbonyl (C=O) groups excluding carboxylic acids is 1. The fourth-order valence-corrected chi connectivity index (χ4v) is 2.04. The quantitative estimate of drug-likeness (QED) is 0.573. The summed E-state index contributed by atoms with van der Waals surface area (Å²) in [7, 11) is 0. The number of nitrogens with zero attached hydrogens (tertiary/aromatic N) is 3. The van der Waals surface area contributed by atoms with Gasteiger partial charge in [0, 0.05) is 26.2 Å². The Balaban J connectivity index is 1.71. The Kier molecular flexibility index (Phi) is 5.10. The van der Waals surface area contributed by atoms with Gasteiger partial charge in [-0.3, -0.25) is 14.7 Å². The van der Waals surface area contributed by atoms with Crippen molar-refractivity contribution in [1.82, 2.24) is 10.3 Å². The molecule has 2 aliphatic rings. The fourth-order valence-electron chi connectivity index (χ4n) is 1.87. The van der Waals surface area contributed by atoms with E-state index in [4.69, 9.17) is 16.3 Å². The summed E-state index contributed by atoms with van der Waals surface area (Å²) < 4.78 is 5.28. The van der Waals surface area contributed by atoms with Gasteiger partial charge in [0.15, 0.2) is 5.38 Å². The lowest BCUT2D eigenvalue weighted by atomic mass is 10.2. The number of morpholine rings is 1. The van der Waals surface area contributed by atoms with Gasteiger partial charge in [-0.1, -0.05) is 0 Å². The van der Waals surface area contributed by atoms with Gasteiger partial charge in [-0.15, -0.1) is 11.6 Å². The van der Waals surface area contributed by atoms with Crippen LogP contribution >= 0.6 is 11.6 Å². The number of hydrogen-bond acceptors (Lipinski definition) is 5. The molecule has 18 heavy (non-hydrogen) atoms. The molecule has 0 radical (unpaired) electrons. The molecule has 0 aromatic carbocycles. The van der Waals surface area contributed by atoms with Crippen LogP contribution in [0.15, 0.2) is 10.1 Å². The van der Waals surface area contributed by atoms with Crippen molar-refractivity contribution in [3.05, 3.63) is 0 Å². The third kappa shape index (κ3) is 3.76. The molecule has 0 aromatic rings. The first-order chi connectivity index (χ1) is 8.77. The molecule has 1 saturated heterocycles. The molecule has 1 fully saturated rings. The second kappa shape index (κ2) is 6.82. The van der Waals surface area contributed by atoms with E-state index < -0.39 is 5.38 Å². The van der Waals surface area contributed by atoms with Crippen molar-refractivity contribution in [2.75, 3.05) is 39.4 Å². The van der Waals surface area contributed by atoms with Gasteiger partial charge >= 0.3 is 0 Å². The molecule has 2 aliphatic heterocycles. The van der Waals surface area contributed by atoms with Crippen LogP contribution in [0.3, 0.4) is 0 Å². The summed E-state index contributed by atoms with van der Waals surface area (Å²) in [6, 6.07) is 0. The zero-order chi connectivity index (χ0) is 12.8. The van der Waals surface area contributed by atoms with Crippen LogP contribution in [-0.2, 0) is 9.53 Å². The Bertz CT molecular complexity index is 353. The molecule has 100 valence electrons. The van der Waals surface area contributed by atoms with Crippen LogP contribution in [0, 0.1) is 0 Å². The smallest absolute Gasteiger partial charge is 0.264 e. The van der Waals surface area contributed by atoms with E-state index in [2.05, 4.69) is 20.4 Å². The van der Waals surface area contributed by atoms with Gasteiger partial charge in [0.05, 0.1) is 25.1 Å². The number of hydrogen-bond donors (Lipinski definition) is 1. The highest BCUT2D eigenvalue weighted by Gasteiger charge is 2.23. The fraction of sp³-hybridized carbons (Fsp3) is 0.727. The molecular weight excluding hydrogens is 256 g/mol. The van der Waals surface area contributed by atoms with Gasteiger partial charge in [0.25, 0.3) is 5.91 Å². The number of hydrazone groups is 1. The highest BCUT2D eigenvalue weighted by Crippen LogP contribution is 2.03. The molecular formula is C11H17ClN4O2. The van der Waals surface area contributed by atoms with E-state index in [1.807, 2.05) is 0 Å². The van der Waals surface area contributed by atoms with E-state index in [0.29, 0.717) is 12.3 Å². The van der Waals surface area contributed by atoms with E-state index in [1.54, 1.807) is 0 Å². The van der Waals surface area contributed by atoms with Crippen LogP contribution < -0.4 is 5.43 Å². The third-order valence-electron chi connectivity index (χ3n) is 2.89. The van der Waals surface area contributed by atoms with Crippen molar-refractivity contribution < 1.29 is 9.53 Å². The Morgan fingerprint density at radius 3 is 3.11 bits per heavy atom. The van der Waals surface area contributed by atoms with Crippen LogP contribution in [-0.4, -0.2) is 67.5 Å². The van der Waals surface area contributed by atoms with E-state index in [0.717, 1.165) is 39.3 Å². The minimum atomic E-state index is -0.717. The maximum atomic E-state index is 11.2. The molecule has 0 bridgehead atoms. The number of nitrogens with one attached hydrogen (secondary N) is 1. The third-order valence-corrected chi connectivity index (χ3v) is 3.31. The maximum Gasteiger partial charge on any atom is 0.264 e. The molecule has 0 spiro atoms. The van der Waals surface area contributed by atoms with Gasteiger partial charge in [-0.05, 0) is 6.42 Å². The first-order valence-corrected chi connectivity index (χ1v) is 6.52. The predicted octanol–water partition coefficient (Wildman–Crippen LogP) is -0.127. The number of alkyl halides is 1. The SMILES string of the molecule is O=C1NN=CC(=NCCCN2CCOCC2)C1Cl. The number of carbonyl (C=O) groups is 1. The Labute approximate surface area is 111 Å². The zero-order valence-corrected chi connectivity index (χ0v) is 10.9. The Morgan fingerprint density at radius 1 is 1.56 bits per heavy atom. The molecule has 1 atom stereocenters. The number of aliphatic imine (C=N–C) groups is 1. The van der Waals surface area contributed by atoms with E-state index in [1.165, 1.54) is 6.21 Å². The van der Waals surface area contributed by atoms with Gasteiger partial charge < -0.3 is 4.74 Å². The molecule has 2 heterocycles.